The van der Waals surface area contributed by atoms with Crippen LogP contribution in [0.1, 0.15) is 23.6 Å². The number of aryl methyl sites for hydroxylation is 1. The van der Waals surface area contributed by atoms with Crippen molar-refractivity contribution in [3.63, 3.8) is 0 Å². The quantitative estimate of drug-likeness (QED) is 0.627. The van der Waals surface area contributed by atoms with Crippen LogP contribution >= 0.6 is 11.6 Å². The predicted octanol–water partition coefficient (Wildman–Crippen LogP) is 4.28. The Balaban J connectivity index is 2.09. The molecule has 0 unspecified atom stereocenters. The summed E-state index contributed by atoms with van der Waals surface area (Å²) in [5, 5.41) is 4.00. The van der Waals surface area contributed by atoms with Crippen LogP contribution in [0.25, 0.3) is 0 Å². The summed E-state index contributed by atoms with van der Waals surface area (Å²) >= 11 is 6.50. The first-order chi connectivity index (χ1) is 12.5. The first kappa shape index (κ1) is 20.6. The highest BCUT2D eigenvalue weighted by molar-refractivity contribution is 6.32. The van der Waals surface area contributed by atoms with Crippen molar-refractivity contribution in [3.05, 3.63) is 58.1 Å². The average molecular weight is 377 g/mol. The molecule has 0 radical (unpaired) electrons. The summed E-state index contributed by atoms with van der Waals surface area (Å²) in [6.45, 7) is 7.71. The van der Waals surface area contributed by atoms with E-state index in [0.717, 1.165) is 30.8 Å². The molecule has 0 bridgehead atoms. The van der Waals surface area contributed by atoms with E-state index in [0.29, 0.717) is 29.7 Å². The molecule has 0 aliphatic rings. The van der Waals surface area contributed by atoms with E-state index in [9.17, 15) is 0 Å². The average Bonchev–Trinajstić information content (AvgIpc) is 2.59. The van der Waals surface area contributed by atoms with Crippen LogP contribution in [-0.2, 0) is 13.2 Å². The first-order valence-corrected chi connectivity index (χ1v) is 9.37. The minimum atomic E-state index is 0.465. The van der Waals surface area contributed by atoms with Gasteiger partial charge in [0.2, 0.25) is 0 Å². The number of nitrogens with one attached hydrogen (secondary N) is 1. The molecule has 0 aromatic heterocycles. The van der Waals surface area contributed by atoms with Crippen molar-refractivity contribution in [2.24, 2.45) is 0 Å². The number of likely N-dealkylation sites (N-methyl/N-ethyl adjacent to an activating group) is 1. The summed E-state index contributed by atoms with van der Waals surface area (Å²) in [4.78, 5) is 2.15. The fourth-order valence-electron chi connectivity index (χ4n) is 2.58. The zero-order valence-corrected chi connectivity index (χ0v) is 16.9. The molecule has 0 spiro atoms. The Hall–Kier alpha value is -1.75. The number of hydrogen-bond acceptors (Lipinski definition) is 4. The topological polar surface area (TPSA) is 33.7 Å². The maximum atomic E-state index is 6.50. The van der Waals surface area contributed by atoms with E-state index in [2.05, 4.69) is 43.4 Å². The summed E-state index contributed by atoms with van der Waals surface area (Å²) in [6.07, 6.45) is 0. The summed E-state index contributed by atoms with van der Waals surface area (Å²) in [7, 11) is 4.12. The lowest BCUT2D eigenvalue weighted by Gasteiger charge is -2.16. The molecule has 5 heteroatoms. The van der Waals surface area contributed by atoms with Crippen LogP contribution in [0.3, 0.4) is 0 Å². The van der Waals surface area contributed by atoms with Gasteiger partial charge in [-0.2, -0.15) is 0 Å². The van der Waals surface area contributed by atoms with E-state index in [-0.39, 0.29) is 0 Å². The van der Waals surface area contributed by atoms with Crippen LogP contribution in [-0.4, -0.2) is 38.7 Å². The molecule has 0 amide bonds. The third-order valence-electron chi connectivity index (χ3n) is 4.07. The molecule has 4 nitrogen and oxygen atoms in total. The van der Waals surface area contributed by atoms with Gasteiger partial charge in [0.05, 0.1) is 11.6 Å². The number of benzene rings is 2. The molecule has 0 fully saturated rings. The summed E-state index contributed by atoms with van der Waals surface area (Å²) in [5.74, 6) is 1.30. The molecule has 2 aromatic carbocycles. The van der Waals surface area contributed by atoms with E-state index < -0.39 is 0 Å². The van der Waals surface area contributed by atoms with Crippen molar-refractivity contribution >= 4 is 11.6 Å². The minimum Gasteiger partial charge on any atom is -0.490 e. The second-order valence-electron chi connectivity index (χ2n) is 6.53. The molecule has 1 N–H and O–H groups in total. The van der Waals surface area contributed by atoms with Crippen LogP contribution in [0.5, 0.6) is 11.5 Å². The van der Waals surface area contributed by atoms with Gasteiger partial charge in [-0.25, -0.2) is 0 Å². The molecule has 0 saturated heterocycles. The molecule has 26 heavy (non-hydrogen) atoms. The standard InChI is InChI=1S/C21H29ClN2O2/c1-5-25-20-13-17(14-23-10-11-24(3)4)12-19(22)21(20)26-15-18-9-7-6-8-16(18)2/h6-9,12-13,23H,5,10-11,14-15H2,1-4H3. The van der Waals surface area contributed by atoms with Crippen LogP contribution < -0.4 is 14.8 Å². The van der Waals surface area contributed by atoms with Gasteiger partial charge in [-0.3, -0.25) is 0 Å². The summed E-state index contributed by atoms with van der Waals surface area (Å²) in [6, 6.07) is 12.1. The van der Waals surface area contributed by atoms with Gasteiger partial charge in [0, 0.05) is 19.6 Å². The van der Waals surface area contributed by atoms with Gasteiger partial charge in [0.15, 0.2) is 11.5 Å². The predicted molar refractivity (Wildman–Crippen MR) is 108 cm³/mol. The van der Waals surface area contributed by atoms with Crippen molar-refractivity contribution in [3.8, 4) is 11.5 Å². The molecule has 0 heterocycles. The van der Waals surface area contributed by atoms with Gasteiger partial charge in [-0.15, -0.1) is 0 Å². The zero-order chi connectivity index (χ0) is 18.9. The maximum Gasteiger partial charge on any atom is 0.180 e. The lowest BCUT2D eigenvalue weighted by molar-refractivity contribution is 0.268. The molecule has 0 saturated carbocycles. The highest BCUT2D eigenvalue weighted by Gasteiger charge is 2.13. The smallest absolute Gasteiger partial charge is 0.180 e. The third kappa shape index (κ3) is 6.20. The van der Waals surface area contributed by atoms with E-state index in [1.54, 1.807) is 0 Å². The summed E-state index contributed by atoms with van der Waals surface area (Å²) < 4.78 is 11.8. The van der Waals surface area contributed by atoms with Crippen LogP contribution in [0.15, 0.2) is 36.4 Å². The summed E-state index contributed by atoms with van der Waals surface area (Å²) in [5.41, 5.74) is 3.42. The second kappa shape index (κ2) is 10.4. The Morgan fingerprint density at radius 2 is 1.88 bits per heavy atom. The van der Waals surface area contributed by atoms with Crippen molar-refractivity contribution in [2.75, 3.05) is 33.8 Å². The first-order valence-electron chi connectivity index (χ1n) is 8.99. The van der Waals surface area contributed by atoms with Crippen LogP contribution in [0.2, 0.25) is 5.02 Å². The Bertz CT molecular complexity index is 704. The van der Waals surface area contributed by atoms with E-state index in [1.807, 2.05) is 31.2 Å². The molecule has 0 atom stereocenters. The van der Waals surface area contributed by atoms with Crippen molar-refractivity contribution in [1.29, 1.82) is 0 Å². The van der Waals surface area contributed by atoms with Gasteiger partial charge in [0.1, 0.15) is 6.61 Å². The minimum absolute atomic E-state index is 0.465. The van der Waals surface area contributed by atoms with E-state index in [4.69, 9.17) is 21.1 Å². The zero-order valence-electron chi connectivity index (χ0n) is 16.1. The molecule has 2 rings (SSSR count). The number of rotatable bonds is 10. The van der Waals surface area contributed by atoms with E-state index in [1.165, 1.54) is 5.56 Å². The molecule has 2 aromatic rings. The normalized spacial score (nSPS) is 11.0. The van der Waals surface area contributed by atoms with Crippen LogP contribution in [0, 0.1) is 6.92 Å². The highest BCUT2D eigenvalue weighted by Crippen LogP contribution is 2.37. The van der Waals surface area contributed by atoms with Gasteiger partial charge in [-0.05, 0) is 56.8 Å². The molecule has 0 aliphatic carbocycles. The molecule has 142 valence electrons. The van der Waals surface area contributed by atoms with E-state index >= 15 is 0 Å². The van der Waals surface area contributed by atoms with Gasteiger partial charge < -0.3 is 19.7 Å². The lowest BCUT2D eigenvalue weighted by atomic mass is 10.1. The lowest BCUT2D eigenvalue weighted by Crippen LogP contribution is -2.26. The molecular weight excluding hydrogens is 348 g/mol. The van der Waals surface area contributed by atoms with Crippen molar-refractivity contribution in [1.82, 2.24) is 10.2 Å². The number of halogens is 1. The van der Waals surface area contributed by atoms with Crippen molar-refractivity contribution < 1.29 is 9.47 Å². The van der Waals surface area contributed by atoms with Crippen molar-refractivity contribution in [2.45, 2.75) is 27.0 Å². The fraction of sp³-hybridized carbons (Fsp3) is 0.429. The van der Waals surface area contributed by atoms with Gasteiger partial charge in [0.25, 0.3) is 0 Å². The fourth-order valence-corrected chi connectivity index (χ4v) is 2.87. The SMILES string of the molecule is CCOc1cc(CNCCN(C)C)cc(Cl)c1OCc1ccccc1C. The molecule has 0 aliphatic heterocycles. The van der Waals surface area contributed by atoms with Gasteiger partial charge in [-0.1, -0.05) is 35.9 Å². The molecular formula is C21H29ClN2O2. The number of nitrogens with zero attached hydrogens (tertiary/aromatic N) is 1. The second-order valence-corrected chi connectivity index (χ2v) is 6.94. The number of hydrogen-bond donors (Lipinski definition) is 1. The Kier molecular flexibility index (Phi) is 8.23. The maximum absolute atomic E-state index is 6.50. The Morgan fingerprint density at radius 3 is 2.58 bits per heavy atom. The Morgan fingerprint density at radius 1 is 1.12 bits per heavy atom. The monoisotopic (exact) mass is 376 g/mol. The Labute approximate surface area is 162 Å². The van der Waals surface area contributed by atoms with Gasteiger partial charge >= 0.3 is 0 Å². The highest BCUT2D eigenvalue weighted by atomic mass is 35.5. The number of ether oxygens (including phenoxy) is 2. The third-order valence-corrected chi connectivity index (χ3v) is 4.35. The largest absolute Gasteiger partial charge is 0.490 e. The van der Waals surface area contributed by atoms with Crippen LogP contribution in [0.4, 0.5) is 0 Å².